The first-order chi connectivity index (χ1) is 13.8. The fourth-order valence-corrected chi connectivity index (χ4v) is 3.49. The molecule has 1 unspecified atom stereocenters. The van der Waals surface area contributed by atoms with Gasteiger partial charge in [0.1, 0.15) is 11.5 Å². The number of hydrogen-bond acceptors (Lipinski definition) is 4. The Bertz CT molecular complexity index is 729. The number of furan rings is 1. The highest BCUT2D eigenvalue weighted by Crippen LogP contribution is 2.23. The van der Waals surface area contributed by atoms with Crippen LogP contribution in [0.15, 0.2) is 51.9 Å². The van der Waals surface area contributed by atoms with Crippen molar-refractivity contribution in [3.8, 4) is 0 Å². The van der Waals surface area contributed by atoms with Crippen molar-refractivity contribution in [2.45, 2.75) is 25.8 Å². The number of aliphatic imine (C=N–C) groups is 1. The number of nitrogens with zero attached hydrogens (tertiary/aromatic N) is 2. The zero-order valence-electron chi connectivity index (χ0n) is 17.4. The molecule has 2 aromatic rings. The van der Waals surface area contributed by atoms with Gasteiger partial charge in [-0.05, 0) is 37.5 Å². The lowest BCUT2D eigenvalue weighted by Crippen LogP contribution is -2.46. The summed E-state index contributed by atoms with van der Waals surface area (Å²) in [5.41, 5.74) is 1.37. The number of rotatable bonds is 8. The van der Waals surface area contributed by atoms with Gasteiger partial charge in [-0.1, -0.05) is 30.3 Å². The summed E-state index contributed by atoms with van der Waals surface area (Å²) in [4.78, 5) is 6.78. The molecule has 1 fully saturated rings. The van der Waals surface area contributed by atoms with E-state index in [4.69, 9.17) is 9.15 Å². The summed E-state index contributed by atoms with van der Waals surface area (Å²) in [6, 6.07) is 14.8. The van der Waals surface area contributed by atoms with Gasteiger partial charge in [0.15, 0.2) is 5.96 Å². The summed E-state index contributed by atoms with van der Waals surface area (Å²) < 4.78 is 11.4. The van der Waals surface area contributed by atoms with E-state index < -0.39 is 0 Å². The quantitative estimate of drug-likeness (QED) is 0.246. The maximum absolute atomic E-state index is 5.93. The fourth-order valence-electron chi connectivity index (χ4n) is 3.49. The highest BCUT2D eigenvalue weighted by molar-refractivity contribution is 14.0. The number of aryl methyl sites for hydroxylation is 2. The molecule has 0 radical (unpaired) electrons. The Morgan fingerprint density at radius 3 is 2.52 bits per heavy atom. The van der Waals surface area contributed by atoms with Crippen LogP contribution in [0.2, 0.25) is 0 Å². The fraction of sp³-hybridized carbons (Fsp3) is 0.500. The molecule has 1 aliphatic rings. The van der Waals surface area contributed by atoms with E-state index in [-0.39, 0.29) is 30.0 Å². The van der Waals surface area contributed by atoms with Crippen molar-refractivity contribution in [2.75, 3.05) is 46.4 Å². The number of ether oxygens (including phenoxy) is 1. The van der Waals surface area contributed by atoms with E-state index in [1.54, 1.807) is 0 Å². The monoisotopic (exact) mass is 512 g/mol. The van der Waals surface area contributed by atoms with Crippen molar-refractivity contribution in [3.05, 3.63) is 59.5 Å². The van der Waals surface area contributed by atoms with Crippen LogP contribution >= 0.6 is 24.0 Å². The first kappa shape index (κ1) is 23.7. The highest BCUT2D eigenvalue weighted by Gasteiger charge is 2.25. The molecule has 0 amide bonds. The van der Waals surface area contributed by atoms with Crippen LogP contribution in [0.4, 0.5) is 0 Å². The van der Waals surface area contributed by atoms with Crippen molar-refractivity contribution in [3.63, 3.8) is 0 Å². The Balaban J connectivity index is 0.00000300. The predicted molar refractivity (Wildman–Crippen MR) is 128 cm³/mol. The number of guanidine groups is 1. The van der Waals surface area contributed by atoms with Crippen LogP contribution in [-0.2, 0) is 11.2 Å². The second-order valence-corrected chi connectivity index (χ2v) is 7.08. The standard InChI is InChI=1S/C22H32N4O2.HI/c1-18-10-11-21(28-18)20(26-13-15-27-16-14-26)17-25-22(23-2)24-12-6-9-19-7-4-3-5-8-19;/h3-5,7-8,10-11,20H,6,9,12-17H2,1-2H3,(H2,23,24,25);1H. The van der Waals surface area contributed by atoms with Crippen molar-refractivity contribution in [1.82, 2.24) is 15.5 Å². The SMILES string of the molecule is CN=C(NCCCc1ccccc1)NCC(c1ccc(C)o1)N1CCOCC1.I. The molecule has 7 heteroatoms. The molecule has 6 nitrogen and oxygen atoms in total. The van der Waals surface area contributed by atoms with Crippen molar-refractivity contribution < 1.29 is 9.15 Å². The second kappa shape index (κ2) is 12.9. The minimum Gasteiger partial charge on any atom is -0.465 e. The number of nitrogens with one attached hydrogen (secondary N) is 2. The van der Waals surface area contributed by atoms with Gasteiger partial charge in [0.25, 0.3) is 0 Å². The molecule has 1 aliphatic heterocycles. The molecule has 29 heavy (non-hydrogen) atoms. The molecule has 160 valence electrons. The van der Waals surface area contributed by atoms with E-state index in [9.17, 15) is 0 Å². The second-order valence-electron chi connectivity index (χ2n) is 7.08. The molecular weight excluding hydrogens is 479 g/mol. The molecule has 1 aromatic carbocycles. The van der Waals surface area contributed by atoms with Crippen LogP contribution < -0.4 is 10.6 Å². The number of benzene rings is 1. The van der Waals surface area contributed by atoms with Crippen molar-refractivity contribution in [2.24, 2.45) is 4.99 Å². The van der Waals surface area contributed by atoms with E-state index in [2.05, 4.69) is 56.9 Å². The lowest BCUT2D eigenvalue weighted by molar-refractivity contribution is 0.0124. The summed E-state index contributed by atoms with van der Waals surface area (Å²) in [7, 11) is 1.81. The molecule has 2 heterocycles. The van der Waals surface area contributed by atoms with Crippen molar-refractivity contribution in [1.29, 1.82) is 0 Å². The summed E-state index contributed by atoms with van der Waals surface area (Å²) in [6.45, 7) is 6.97. The third-order valence-corrected chi connectivity index (χ3v) is 5.04. The van der Waals surface area contributed by atoms with Crippen LogP contribution in [0.1, 0.15) is 29.5 Å². The Morgan fingerprint density at radius 2 is 1.86 bits per heavy atom. The summed E-state index contributed by atoms with van der Waals surface area (Å²) >= 11 is 0. The highest BCUT2D eigenvalue weighted by atomic mass is 127. The maximum Gasteiger partial charge on any atom is 0.191 e. The topological polar surface area (TPSA) is 62.0 Å². The zero-order valence-corrected chi connectivity index (χ0v) is 19.7. The summed E-state index contributed by atoms with van der Waals surface area (Å²) in [5, 5.41) is 6.89. The van der Waals surface area contributed by atoms with Crippen molar-refractivity contribution >= 4 is 29.9 Å². The Kier molecular flexibility index (Phi) is 10.5. The zero-order chi connectivity index (χ0) is 19.6. The molecule has 0 saturated carbocycles. The van der Waals surface area contributed by atoms with E-state index in [0.717, 1.165) is 69.7 Å². The molecule has 0 aliphatic carbocycles. The summed E-state index contributed by atoms with van der Waals surface area (Å²) in [6.07, 6.45) is 2.13. The number of morpholine rings is 1. The number of hydrogen-bond donors (Lipinski definition) is 2. The van der Waals surface area contributed by atoms with Gasteiger partial charge in [0.2, 0.25) is 0 Å². The van der Waals surface area contributed by atoms with Gasteiger partial charge >= 0.3 is 0 Å². The van der Waals surface area contributed by atoms with Crippen LogP contribution in [0.25, 0.3) is 0 Å². The molecule has 0 bridgehead atoms. The lowest BCUT2D eigenvalue weighted by atomic mass is 10.1. The average molecular weight is 512 g/mol. The van der Waals surface area contributed by atoms with E-state index in [0.29, 0.717) is 0 Å². The molecule has 1 saturated heterocycles. The molecule has 1 aromatic heterocycles. The molecular formula is C22H33IN4O2. The first-order valence-corrected chi connectivity index (χ1v) is 10.1. The van der Waals surface area contributed by atoms with Gasteiger partial charge in [-0.2, -0.15) is 0 Å². The van der Waals surface area contributed by atoms with E-state index >= 15 is 0 Å². The molecule has 1 atom stereocenters. The molecule has 0 spiro atoms. The van der Waals surface area contributed by atoms with Gasteiger partial charge in [-0.15, -0.1) is 24.0 Å². The van der Waals surface area contributed by atoms with Gasteiger partial charge in [-0.25, -0.2) is 0 Å². The van der Waals surface area contributed by atoms with Crippen LogP contribution in [0, 0.1) is 6.92 Å². The maximum atomic E-state index is 5.93. The van der Waals surface area contributed by atoms with Crippen LogP contribution in [-0.4, -0.2) is 57.3 Å². The molecule has 2 N–H and O–H groups in total. The van der Waals surface area contributed by atoms with E-state index in [1.807, 2.05) is 20.0 Å². The van der Waals surface area contributed by atoms with Gasteiger partial charge < -0.3 is 19.8 Å². The largest absolute Gasteiger partial charge is 0.465 e. The predicted octanol–water partition coefficient (Wildman–Crippen LogP) is 3.38. The minimum absolute atomic E-state index is 0. The Hall–Kier alpha value is -1.58. The minimum atomic E-state index is 0. The molecule has 3 rings (SSSR count). The summed E-state index contributed by atoms with van der Waals surface area (Å²) in [5.74, 6) is 2.76. The van der Waals surface area contributed by atoms with Gasteiger partial charge in [0, 0.05) is 33.2 Å². The smallest absolute Gasteiger partial charge is 0.191 e. The van der Waals surface area contributed by atoms with E-state index in [1.165, 1.54) is 5.56 Å². The number of halogens is 1. The lowest BCUT2D eigenvalue weighted by Gasteiger charge is -2.33. The third kappa shape index (κ3) is 7.64. The Morgan fingerprint density at radius 1 is 1.10 bits per heavy atom. The first-order valence-electron chi connectivity index (χ1n) is 10.1. The third-order valence-electron chi connectivity index (χ3n) is 5.04. The average Bonchev–Trinajstić information content (AvgIpc) is 3.17. The Labute approximate surface area is 191 Å². The van der Waals surface area contributed by atoms with Gasteiger partial charge in [0.05, 0.1) is 19.3 Å². The van der Waals surface area contributed by atoms with Gasteiger partial charge in [-0.3, -0.25) is 9.89 Å². The van der Waals surface area contributed by atoms with Crippen LogP contribution in [0.3, 0.4) is 0 Å². The van der Waals surface area contributed by atoms with Crippen LogP contribution in [0.5, 0.6) is 0 Å². The normalized spacial score (nSPS) is 16.1.